The van der Waals surface area contributed by atoms with Crippen LogP contribution in [0.4, 0.5) is 22.7 Å². The third-order valence-electron chi connectivity index (χ3n) is 8.98. The van der Waals surface area contributed by atoms with Gasteiger partial charge in [0.25, 0.3) is 0 Å². The van der Waals surface area contributed by atoms with Gasteiger partial charge in [-0.25, -0.2) is 0 Å². The Morgan fingerprint density at radius 3 is 1.12 bits per heavy atom. The van der Waals surface area contributed by atoms with Crippen LogP contribution in [0.5, 0.6) is 0 Å². The first kappa shape index (κ1) is 48.7. The van der Waals surface area contributed by atoms with E-state index in [9.17, 15) is 0 Å². The molecular formula is C51H59N7Nd2. The molecule has 9 heteroatoms. The van der Waals surface area contributed by atoms with Gasteiger partial charge < -0.3 is 31.9 Å². The van der Waals surface area contributed by atoms with Crippen molar-refractivity contribution in [2.24, 2.45) is 0 Å². The summed E-state index contributed by atoms with van der Waals surface area (Å²) < 4.78 is 3.74. The number of benzene rings is 5. The van der Waals surface area contributed by atoms with Crippen molar-refractivity contribution in [3.8, 4) is 0 Å². The predicted molar refractivity (Wildman–Crippen MR) is 250 cm³/mol. The maximum atomic E-state index is 3.48. The third kappa shape index (κ3) is 21.0. The van der Waals surface area contributed by atoms with Crippen LogP contribution in [-0.2, 0) is 2.07 Å². The van der Waals surface area contributed by atoms with Crippen LogP contribution in [0.3, 0.4) is 0 Å². The summed E-state index contributed by atoms with van der Waals surface area (Å²) in [6.45, 7) is 3.23. The van der Waals surface area contributed by atoms with Crippen molar-refractivity contribution in [1.29, 1.82) is 0 Å². The molecule has 0 radical (unpaired) electrons. The maximum Gasteiger partial charge on any atom is 0 e. The van der Waals surface area contributed by atoms with E-state index in [-0.39, 0.29) is 40.8 Å². The molecule has 0 fully saturated rings. The quantitative estimate of drug-likeness (QED) is 0.0624. The van der Waals surface area contributed by atoms with E-state index in [4.69, 9.17) is 0 Å². The molecule has 2 aliphatic heterocycles. The Bertz CT molecular complexity index is 1950. The minimum absolute atomic E-state index is 0. The van der Waals surface area contributed by atoms with E-state index in [0.29, 0.717) is 0 Å². The zero-order chi connectivity index (χ0) is 41.0. The molecule has 0 aromatic heterocycles. The molecule has 2 heterocycles. The zero-order valence-corrected chi connectivity index (χ0v) is 41.4. The molecule has 0 unspecified atom stereocenters. The van der Waals surface area contributed by atoms with Crippen molar-refractivity contribution in [3.63, 3.8) is 0 Å². The van der Waals surface area contributed by atoms with Gasteiger partial charge in [-0.05, 0) is 85.0 Å². The van der Waals surface area contributed by atoms with Crippen LogP contribution in [0.1, 0.15) is 18.4 Å². The van der Waals surface area contributed by atoms with Gasteiger partial charge in [-0.2, -0.15) is 0 Å². The van der Waals surface area contributed by atoms with Gasteiger partial charge in [-0.15, -0.1) is 0 Å². The number of rotatable bonds is 15. The van der Waals surface area contributed by atoms with Gasteiger partial charge in [0.1, 0.15) is 0 Å². The average molecular weight is 1060 g/mol. The standard InChI is InChI=1S/2C21H23N3.C7H7.C2H6N.2Nd/c2*1-3-8-18(9-4-1)22-16-14-20-12-7-13-21(24-20)15-17-23-19-10-5-2-6-11-19;1-7-5-3-2-4-6-7;1-3-2;;/h2*1-12,14-15,22-24H,13,16-17H2;2-6H,1H2;1-2H3;;/q;;;-1;;+1. The molecule has 0 saturated carbocycles. The second-order valence-electron chi connectivity index (χ2n) is 13.9. The number of nitrogens with one attached hydrogen (secondary N) is 6. The first-order valence-corrected chi connectivity index (χ1v) is 24.1. The number of anilines is 4. The van der Waals surface area contributed by atoms with Crippen LogP contribution >= 0.6 is 0 Å². The smallest absolute Gasteiger partial charge is 0 e. The molecule has 0 saturated heterocycles. The molecule has 0 amide bonds. The summed E-state index contributed by atoms with van der Waals surface area (Å²) in [4.78, 5) is 0. The van der Waals surface area contributed by atoms with Gasteiger partial charge in [-0.1, -0.05) is 84.9 Å². The Kier molecular flexibility index (Phi) is 24.4. The third-order valence-corrected chi connectivity index (χ3v) is 12.8. The van der Waals surface area contributed by atoms with Crippen molar-refractivity contribution in [2.75, 3.05) is 61.5 Å². The van der Waals surface area contributed by atoms with Gasteiger partial charge in [0.2, 0.25) is 0 Å². The van der Waals surface area contributed by atoms with Crippen molar-refractivity contribution < 1.29 is 77.9 Å². The van der Waals surface area contributed by atoms with Gasteiger partial charge in [-0.3, -0.25) is 0 Å². The van der Waals surface area contributed by atoms with Crippen LogP contribution in [0, 0.1) is 77.9 Å². The SMILES string of the molecule is C1=CC(=CCNc2ccccc2)NC(=CCNc2ccccc2)C1.C1=CC(=CCNc2ccccc2)NC(=CCNc2ccccc2)C1.C[N](C)[Nd][CH2]c1ccccc1.[Nd]. The van der Waals surface area contributed by atoms with Crippen LogP contribution in [0.2, 0.25) is 0 Å². The van der Waals surface area contributed by atoms with Crippen LogP contribution in [0.25, 0.3) is 0 Å². The van der Waals surface area contributed by atoms with E-state index in [2.05, 4.69) is 174 Å². The first-order chi connectivity index (χ1) is 29.1. The van der Waals surface area contributed by atoms with Gasteiger partial charge >= 0.3 is 90.1 Å². The summed E-state index contributed by atoms with van der Waals surface area (Å²) >= 11 is -0.478. The Morgan fingerprint density at radius 1 is 0.467 bits per heavy atom. The van der Waals surface area contributed by atoms with Gasteiger partial charge in [0.15, 0.2) is 0 Å². The van der Waals surface area contributed by atoms with E-state index < -0.39 is 37.1 Å². The van der Waals surface area contributed by atoms with E-state index in [0.717, 1.165) is 73.2 Å². The molecule has 0 bridgehead atoms. The monoisotopic (exact) mass is 1050 g/mol. The molecule has 7 rings (SSSR count). The average Bonchev–Trinajstić information content (AvgIpc) is 3.28. The normalized spacial score (nSPS) is 15.3. The first-order valence-electron chi connectivity index (χ1n) is 20.3. The van der Waals surface area contributed by atoms with E-state index >= 15 is 0 Å². The number of hydrogen-bond donors (Lipinski definition) is 6. The van der Waals surface area contributed by atoms with Crippen molar-refractivity contribution in [2.45, 2.75) is 14.9 Å². The topological polar surface area (TPSA) is 75.4 Å². The van der Waals surface area contributed by atoms with E-state index in [1.807, 2.05) is 72.8 Å². The van der Waals surface area contributed by atoms with Gasteiger partial charge in [0, 0.05) is 125 Å². The predicted octanol–water partition coefficient (Wildman–Crippen LogP) is 10.8. The van der Waals surface area contributed by atoms with E-state index in [1.54, 1.807) is 0 Å². The minimum atomic E-state index is -0.478. The number of hydrogen-bond acceptors (Lipinski definition) is 7. The molecule has 2 aliphatic rings. The molecular weight excluding hydrogens is 999 g/mol. The number of para-hydroxylation sites is 4. The van der Waals surface area contributed by atoms with Crippen molar-refractivity contribution in [1.82, 2.24) is 11.6 Å². The molecule has 5 aromatic carbocycles. The van der Waals surface area contributed by atoms with Crippen LogP contribution < -0.4 is 31.9 Å². The fourth-order valence-corrected chi connectivity index (χ4v) is 8.26. The zero-order valence-electron chi connectivity index (χ0n) is 34.9. The molecule has 0 aliphatic carbocycles. The summed E-state index contributed by atoms with van der Waals surface area (Å²) in [6, 6.07) is 51.8. The summed E-state index contributed by atoms with van der Waals surface area (Å²) in [5, 5.41) is 20.5. The van der Waals surface area contributed by atoms with Crippen molar-refractivity contribution in [3.05, 3.63) is 229 Å². The minimum Gasteiger partial charge on any atom is 0 e. The molecule has 0 atom stereocenters. The van der Waals surface area contributed by atoms with Crippen LogP contribution in [-0.4, -0.2) is 41.3 Å². The summed E-state index contributed by atoms with van der Waals surface area (Å²) in [5.41, 5.74) is 10.8. The molecule has 6 N–H and O–H groups in total. The number of nitrogens with zero attached hydrogens (tertiary/aromatic N) is 1. The molecule has 0 spiro atoms. The fourth-order valence-electron chi connectivity index (χ4n) is 5.90. The van der Waals surface area contributed by atoms with Crippen LogP contribution in [0.15, 0.2) is 223 Å². The Morgan fingerprint density at radius 2 is 0.783 bits per heavy atom. The molecule has 306 valence electrons. The Balaban J connectivity index is 0.000000210. The van der Waals surface area contributed by atoms with Gasteiger partial charge in [0.05, 0.1) is 0 Å². The largest absolute Gasteiger partial charge is 0 e. The Labute approximate surface area is 412 Å². The molecule has 60 heavy (non-hydrogen) atoms. The summed E-state index contributed by atoms with van der Waals surface area (Å²) in [6.07, 6.45) is 19.3. The molecule has 7 nitrogen and oxygen atoms in total. The van der Waals surface area contributed by atoms with Crippen molar-refractivity contribution >= 4 is 22.7 Å². The summed E-state index contributed by atoms with van der Waals surface area (Å²) in [7, 11) is 4.37. The van der Waals surface area contributed by atoms with E-state index in [1.165, 1.54) is 19.0 Å². The second-order valence-corrected chi connectivity index (χ2v) is 19.0. The number of allylic oxidation sites excluding steroid dienone is 4. The molecule has 5 aromatic rings. The second kappa shape index (κ2) is 30.1. The fraction of sp³-hybridized carbons (Fsp3) is 0.176. The summed E-state index contributed by atoms with van der Waals surface area (Å²) in [5.74, 6) is 0. The Hall–Kier alpha value is -4.00. The maximum absolute atomic E-state index is 3.48.